The molecule has 238 valence electrons. The van der Waals surface area contributed by atoms with Gasteiger partial charge >= 0.3 is 5.97 Å². The standard InChI is InChI=1S/C35H34Cl2N4O5/c36-26-15-38-16-27(37)29(26)30-25(31(46-40-30)21-3-4-21)19-45-35-10-7-34(8-11-35,9-12-35)6-5-20-1-2-22-14-28(33(43)44)39-32(24(22)13-20)41-17-23(42)18-41/h1-2,5-6,13-16,21,23,42H,3-4,7-12,17-19H2,(H,43,44)/b6-5+. The smallest absolute Gasteiger partial charge is 0.354 e. The van der Waals surface area contributed by atoms with Gasteiger partial charge in [-0.2, -0.15) is 0 Å². The van der Waals surface area contributed by atoms with Gasteiger partial charge in [0.15, 0.2) is 5.69 Å². The van der Waals surface area contributed by atoms with Crippen LogP contribution in [-0.2, 0) is 11.3 Å². The molecule has 4 aliphatic carbocycles. The molecule has 2 N–H and O–H groups in total. The van der Waals surface area contributed by atoms with Crippen LogP contribution < -0.4 is 4.90 Å². The average molecular weight is 662 g/mol. The van der Waals surface area contributed by atoms with E-state index in [-0.39, 0.29) is 16.7 Å². The van der Waals surface area contributed by atoms with Gasteiger partial charge in [-0.1, -0.05) is 52.6 Å². The largest absolute Gasteiger partial charge is 0.477 e. The molecule has 4 saturated carbocycles. The van der Waals surface area contributed by atoms with Crippen LogP contribution >= 0.6 is 23.2 Å². The third-order valence-corrected chi connectivity index (χ3v) is 11.0. The molecule has 0 spiro atoms. The minimum absolute atomic E-state index is 0.00941. The van der Waals surface area contributed by atoms with E-state index in [9.17, 15) is 15.0 Å². The molecule has 1 aromatic carbocycles. The first-order valence-corrected chi connectivity index (χ1v) is 16.7. The number of rotatable bonds is 9. The highest BCUT2D eigenvalue weighted by Gasteiger charge is 2.48. The van der Waals surface area contributed by atoms with Crippen molar-refractivity contribution in [2.75, 3.05) is 18.0 Å². The fourth-order valence-electron chi connectivity index (χ4n) is 7.44. The summed E-state index contributed by atoms with van der Waals surface area (Å²) in [6.45, 7) is 1.31. The normalized spacial score (nSPS) is 24.6. The van der Waals surface area contributed by atoms with Gasteiger partial charge in [0.25, 0.3) is 0 Å². The van der Waals surface area contributed by atoms with Crippen molar-refractivity contribution in [2.45, 2.75) is 75.6 Å². The second-order valence-corrected chi connectivity index (χ2v) is 14.3. The number of pyridine rings is 2. The number of carboxylic acids is 1. The Morgan fingerprint density at radius 2 is 1.78 bits per heavy atom. The fourth-order valence-corrected chi connectivity index (χ4v) is 7.98. The number of aliphatic hydroxyl groups excluding tert-OH is 1. The molecule has 9 nitrogen and oxygen atoms in total. The molecule has 1 aliphatic heterocycles. The number of fused-ring (bicyclic) bond motifs is 4. The SMILES string of the molecule is O=C(O)c1cc2ccc(/C=C/C34CCC(OCc5c(-c6c(Cl)cncc6Cl)noc5C5CC5)(CC3)CC4)cc2c(N2CC(O)C2)n1. The summed E-state index contributed by atoms with van der Waals surface area (Å²) in [6.07, 6.45) is 15.6. The minimum Gasteiger partial charge on any atom is -0.477 e. The molecular weight excluding hydrogens is 627 g/mol. The molecule has 9 rings (SSSR count). The van der Waals surface area contributed by atoms with Gasteiger partial charge in [-0.3, -0.25) is 4.98 Å². The van der Waals surface area contributed by atoms with E-state index in [4.69, 9.17) is 32.5 Å². The highest BCUT2D eigenvalue weighted by Crippen LogP contribution is 2.55. The molecule has 46 heavy (non-hydrogen) atoms. The van der Waals surface area contributed by atoms with Crippen LogP contribution in [-0.4, -0.2) is 56.1 Å². The molecule has 5 fully saturated rings. The van der Waals surface area contributed by atoms with Crippen LogP contribution in [0, 0.1) is 5.41 Å². The van der Waals surface area contributed by atoms with Crippen LogP contribution in [0.5, 0.6) is 0 Å². The molecule has 5 aliphatic rings. The topological polar surface area (TPSA) is 122 Å². The second-order valence-electron chi connectivity index (χ2n) is 13.5. The lowest BCUT2D eigenvalue weighted by atomic mass is 9.58. The van der Waals surface area contributed by atoms with E-state index in [0.717, 1.165) is 79.0 Å². The number of carbonyl (C=O) groups is 1. The second kappa shape index (κ2) is 11.3. The summed E-state index contributed by atoms with van der Waals surface area (Å²) in [5, 5.41) is 26.5. The lowest BCUT2D eigenvalue weighted by Gasteiger charge is -2.52. The highest BCUT2D eigenvalue weighted by atomic mass is 35.5. The number of nitrogens with zero attached hydrogens (tertiary/aromatic N) is 4. The molecule has 0 radical (unpaired) electrons. The fraction of sp³-hybridized carbons (Fsp3) is 0.429. The summed E-state index contributed by atoms with van der Waals surface area (Å²) in [7, 11) is 0. The van der Waals surface area contributed by atoms with Crippen LogP contribution in [0.25, 0.3) is 28.1 Å². The van der Waals surface area contributed by atoms with E-state index in [1.807, 2.05) is 17.0 Å². The zero-order valence-corrected chi connectivity index (χ0v) is 26.7. The molecule has 0 amide bonds. The first-order valence-electron chi connectivity index (χ1n) is 15.9. The number of aromatic nitrogens is 3. The van der Waals surface area contributed by atoms with E-state index < -0.39 is 12.1 Å². The van der Waals surface area contributed by atoms with Crippen LogP contribution in [0.1, 0.15) is 84.7 Å². The maximum atomic E-state index is 11.7. The van der Waals surface area contributed by atoms with E-state index in [1.165, 1.54) is 0 Å². The Balaban J connectivity index is 0.988. The van der Waals surface area contributed by atoms with E-state index in [1.54, 1.807) is 18.5 Å². The highest BCUT2D eigenvalue weighted by molar-refractivity contribution is 6.38. The lowest BCUT2D eigenvalue weighted by molar-refractivity contribution is -0.133. The van der Waals surface area contributed by atoms with E-state index in [2.05, 4.69) is 33.3 Å². The van der Waals surface area contributed by atoms with Crippen LogP contribution in [0.15, 0.2) is 47.3 Å². The summed E-state index contributed by atoms with van der Waals surface area (Å²) in [5.74, 6) is 0.804. The number of anilines is 1. The Morgan fingerprint density at radius 3 is 2.43 bits per heavy atom. The quantitative estimate of drug-likeness (QED) is 0.186. The van der Waals surface area contributed by atoms with Gasteiger partial charge in [-0.05, 0) is 79.9 Å². The van der Waals surface area contributed by atoms with Crippen LogP contribution in [0.2, 0.25) is 10.0 Å². The molecule has 2 bridgehead atoms. The first kappa shape index (κ1) is 29.9. The Hall–Kier alpha value is -3.50. The van der Waals surface area contributed by atoms with Gasteiger partial charge in [0.05, 0.1) is 28.4 Å². The Labute approximate surface area is 276 Å². The molecule has 0 unspecified atom stereocenters. The van der Waals surface area contributed by atoms with Gasteiger partial charge in [-0.15, -0.1) is 0 Å². The summed E-state index contributed by atoms with van der Waals surface area (Å²) in [5.41, 5.74) is 3.24. The first-order chi connectivity index (χ1) is 22.2. The van der Waals surface area contributed by atoms with Gasteiger partial charge in [-0.25, -0.2) is 9.78 Å². The molecule has 4 aromatic rings. The number of hydrogen-bond acceptors (Lipinski definition) is 8. The number of aromatic carboxylic acids is 1. The number of allylic oxidation sites excluding steroid dienone is 1. The number of benzene rings is 1. The van der Waals surface area contributed by atoms with Gasteiger partial charge in [0, 0.05) is 47.9 Å². The molecular formula is C35H34Cl2N4O5. The maximum Gasteiger partial charge on any atom is 0.354 e. The maximum absolute atomic E-state index is 11.7. The Kier molecular flexibility index (Phi) is 7.36. The van der Waals surface area contributed by atoms with E-state index in [0.29, 0.717) is 52.7 Å². The number of β-amino-alcohol motifs (C(OH)–C–C–N with tert-alkyl or cyclic N) is 1. The monoisotopic (exact) mass is 660 g/mol. The predicted octanol–water partition coefficient (Wildman–Crippen LogP) is 7.67. The molecule has 1 saturated heterocycles. The minimum atomic E-state index is -1.06. The van der Waals surface area contributed by atoms with Crippen LogP contribution in [0.4, 0.5) is 5.82 Å². The summed E-state index contributed by atoms with van der Waals surface area (Å²) < 4.78 is 12.7. The van der Waals surface area contributed by atoms with E-state index >= 15 is 0 Å². The van der Waals surface area contributed by atoms with Crippen molar-refractivity contribution in [3.63, 3.8) is 0 Å². The van der Waals surface area contributed by atoms with Crippen molar-refractivity contribution in [3.05, 3.63) is 75.4 Å². The molecule has 0 atom stereocenters. The predicted molar refractivity (Wildman–Crippen MR) is 175 cm³/mol. The Bertz CT molecular complexity index is 1840. The molecule has 3 aromatic heterocycles. The zero-order chi connectivity index (χ0) is 31.6. The van der Waals surface area contributed by atoms with Gasteiger partial charge < -0.3 is 24.4 Å². The summed E-state index contributed by atoms with van der Waals surface area (Å²) in [6, 6.07) is 7.68. The van der Waals surface area contributed by atoms with Gasteiger partial charge in [0.2, 0.25) is 0 Å². The van der Waals surface area contributed by atoms with Crippen molar-refractivity contribution in [3.8, 4) is 11.3 Å². The summed E-state index contributed by atoms with van der Waals surface area (Å²) in [4.78, 5) is 22.2. The zero-order valence-electron chi connectivity index (χ0n) is 25.2. The third kappa shape index (κ3) is 5.37. The number of ether oxygens (including phenoxy) is 1. The van der Waals surface area contributed by atoms with Crippen LogP contribution in [0.3, 0.4) is 0 Å². The lowest BCUT2D eigenvalue weighted by Crippen LogP contribution is -2.51. The molecule has 4 heterocycles. The average Bonchev–Trinajstić information content (AvgIpc) is 3.81. The summed E-state index contributed by atoms with van der Waals surface area (Å²) >= 11 is 13.0. The van der Waals surface area contributed by atoms with Crippen molar-refractivity contribution < 1.29 is 24.3 Å². The van der Waals surface area contributed by atoms with Gasteiger partial charge in [0.1, 0.15) is 17.3 Å². The van der Waals surface area contributed by atoms with Crippen molar-refractivity contribution >= 4 is 51.8 Å². The third-order valence-electron chi connectivity index (χ3n) is 10.5. The Morgan fingerprint density at radius 1 is 1.07 bits per heavy atom. The van der Waals surface area contributed by atoms with Crippen molar-refractivity contribution in [2.24, 2.45) is 5.41 Å². The number of hydrogen-bond donors (Lipinski definition) is 2. The number of halogens is 2. The number of carboxylic acid groups (broad SMARTS) is 1. The van der Waals surface area contributed by atoms with Crippen molar-refractivity contribution in [1.82, 2.24) is 15.1 Å². The number of aliphatic hydroxyl groups is 1. The van der Waals surface area contributed by atoms with Crippen molar-refractivity contribution in [1.29, 1.82) is 0 Å². The molecule has 11 heteroatoms.